The number of carboxylic acid groups (broad SMARTS) is 1. The molecular weight excluding hydrogens is 180 g/mol. The van der Waals surface area contributed by atoms with Crippen LogP contribution in [0.5, 0.6) is 0 Å². The van der Waals surface area contributed by atoms with E-state index in [1.807, 2.05) is 0 Å². The van der Waals surface area contributed by atoms with Crippen molar-refractivity contribution in [2.75, 3.05) is 0 Å². The second kappa shape index (κ2) is 3.77. The minimum Gasteiger partial charge on any atom is -0.465 e. The highest BCUT2D eigenvalue weighted by Gasteiger charge is 2.41. The second-order valence-corrected chi connectivity index (χ2v) is 4.81. The molecule has 14 heavy (non-hydrogen) atoms. The van der Waals surface area contributed by atoms with Crippen LogP contribution >= 0.6 is 0 Å². The molecule has 0 aromatic rings. The summed E-state index contributed by atoms with van der Waals surface area (Å²) >= 11 is 0. The first-order chi connectivity index (χ1) is 6.63. The molecule has 2 aliphatic carbocycles. The molecule has 0 spiro atoms. The number of amides is 1. The number of rotatable bonds is 0. The van der Waals surface area contributed by atoms with E-state index in [1.54, 1.807) is 6.42 Å². The van der Waals surface area contributed by atoms with Gasteiger partial charge in [-0.25, -0.2) is 4.79 Å². The van der Waals surface area contributed by atoms with E-state index in [0.717, 1.165) is 23.9 Å². The smallest absolute Gasteiger partial charge is 0.402 e. The summed E-state index contributed by atoms with van der Waals surface area (Å²) in [5.74, 6) is 2.23. The van der Waals surface area contributed by atoms with Crippen LogP contribution in [0.3, 0.4) is 0 Å². The number of hydrogen-bond acceptors (Lipinski definition) is 2. The number of hydrogen-bond donors (Lipinski definition) is 3. The van der Waals surface area contributed by atoms with Crippen molar-refractivity contribution in [3.8, 4) is 0 Å². The van der Waals surface area contributed by atoms with E-state index in [-0.39, 0.29) is 0 Å². The molecule has 2 saturated heterocycles. The Labute approximate surface area is 83.9 Å². The first-order valence-corrected chi connectivity index (χ1v) is 5.38. The summed E-state index contributed by atoms with van der Waals surface area (Å²) in [5.41, 5.74) is 4.03. The van der Waals surface area contributed by atoms with Crippen LogP contribution in [0, 0.1) is 11.8 Å². The van der Waals surface area contributed by atoms with Crippen LogP contribution < -0.4 is 11.1 Å². The SMILES string of the molecule is C1C2CC3CC1CC(C2)N3.NC(=O)O. The fourth-order valence-electron chi connectivity index (χ4n) is 3.46. The lowest BCUT2D eigenvalue weighted by Gasteiger charge is -2.50. The van der Waals surface area contributed by atoms with Crippen LogP contribution in [0.4, 0.5) is 4.79 Å². The van der Waals surface area contributed by atoms with Gasteiger partial charge >= 0.3 is 6.09 Å². The number of piperidine rings is 2. The van der Waals surface area contributed by atoms with Gasteiger partial charge in [0.05, 0.1) is 0 Å². The Morgan fingerprint density at radius 3 is 1.71 bits per heavy atom. The quantitative estimate of drug-likeness (QED) is 0.546. The van der Waals surface area contributed by atoms with Gasteiger partial charge in [0.25, 0.3) is 0 Å². The predicted octanol–water partition coefficient (Wildman–Crippen LogP) is 1.16. The highest BCUT2D eigenvalue weighted by Crippen LogP contribution is 2.44. The topological polar surface area (TPSA) is 75.3 Å². The fourth-order valence-corrected chi connectivity index (χ4v) is 3.46. The Bertz CT molecular complexity index is 170. The van der Waals surface area contributed by atoms with Gasteiger partial charge < -0.3 is 16.2 Å². The third-order valence-electron chi connectivity index (χ3n) is 3.61. The minimum absolute atomic E-state index is 0.927. The summed E-state index contributed by atoms with van der Waals surface area (Å²) in [6.45, 7) is 0. The molecule has 80 valence electrons. The molecule has 4 bridgehead atoms. The lowest BCUT2D eigenvalue weighted by molar-refractivity contribution is 0.0604. The maximum atomic E-state index is 8.78. The van der Waals surface area contributed by atoms with Crippen LogP contribution in [0.25, 0.3) is 0 Å². The summed E-state index contributed by atoms with van der Waals surface area (Å²) in [6, 6.07) is 1.85. The summed E-state index contributed by atoms with van der Waals surface area (Å²) in [6.07, 6.45) is 6.20. The molecule has 2 heterocycles. The minimum atomic E-state index is -1.33. The van der Waals surface area contributed by atoms with Crippen molar-refractivity contribution < 1.29 is 9.90 Å². The molecule has 2 saturated carbocycles. The molecule has 0 unspecified atom stereocenters. The van der Waals surface area contributed by atoms with Crippen molar-refractivity contribution in [1.29, 1.82) is 0 Å². The van der Waals surface area contributed by atoms with Crippen molar-refractivity contribution in [2.45, 2.75) is 44.2 Å². The van der Waals surface area contributed by atoms with Crippen LogP contribution in [0.2, 0.25) is 0 Å². The molecule has 4 aliphatic rings. The van der Waals surface area contributed by atoms with Crippen molar-refractivity contribution >= 4 is 6.09 Å². The zero-order valence-electron chi connectivity index (χ0n) is 8.28. The third-order valence-corrected chi connectivity index (χ3v) is 3.61. The lowest BCUT2D eigenvalue weighted by atomic mass is 9.65. The van der Waals surface area contributed by atoms with Crippen molar-refractivity contribution in [3.05, 3.63) is 0 Å². The monoisotopic (exact) mass is 198 g/mol. The number of nitrogens with one attached hydrogen (secondary N) is 1. The molecule has 4 rings (SSSR count). The fraction of sp³-hybridized carbons (Fsp3) is 0.900. The molecule has 4 nitrogen and oxygen atoms in total. The molecule has 0 aromatic heterocycles. The molecule has 2 aliphatic heterocycles. The zero-order chi connectivity index (χ0) is 10.1. The van der Waals surface area contributed by atoms with E-state index in [4.69, 9.17) is 9.90 Å². The summed E-state index contributed by atoms with van der Waals surface area (Å²) in [7, 11) is 0. The van der Waals surface area contributed by atoms with Crippen molar-refractivity contribution in [2.24, 2.45) is 17.6 Å². The van der Waals surface area contributed by atoms with E-state index in [9.17, 15) is 0 Å². The molecule has 4 heteroatoms. The van der Waals surface area contributed by atoms with Gasteiger partial charge in [-0.15, -0.1) is 0 Å². The number of primary amides is 1. The maximum absolute atomic E-state index is 8.78. The van der Waals surface area contributed by atoms with Gasteiger partial charge in [-0.2, -0.15) is 0 Å². The molecule has 1 amide bonds. The van der Waals surface area contributed by atoms with E-state index in [2.05, 4.69) is 11.1 Å². The van der Waals surface area contributed by atoms with Gasteiger partial charge in [-0.3, -0.25) is 0 Å². The molecule has 0 atom stereocenters. The van der Waals surface area contributed by atoms with E-state index in [0.29, 0.717) is 0 Å². The van der Waals surface area contributed by atoms with Crippen molar-refractivity contribution in [3.63, 3.8) is 0 Å². The molecule has 4 N–H and O–H groups in total. The maximum Gasteiger partial charge on any atom is 0.402 e. The molecule has 0 aromatic carbocycles. The average molecular weight is 198 g/mol. The zero-order valence-corrected chi connectivity index (χ0v) is 8.28. The van der Waals surface area contributed by atoms with Crippen LogP contribution in [-0.2, 0) is 0 Å². The summed E-state index contributed by atoms with van der Waals surface area (Å²) < 4.78 is 0. The normalized spacial score (nSPS) is 42.9. The highest BCUT2D eigenvalue weighted by atomic mass is 16.4. The average Bonchev–Trinajstić information content (AvgIpc) is 1.98. The first-order valence-electron chi connectivity index (χ1n) is 5.38. The third kappa shape index (κ3) is 2.18. The Morgan fingerprint density at radius 1 is 1.07 bits per heavy atom. The van der Waals surface area contributed by atoms with E-state index < -0.39 is 6.09 Å². The second-order valence-electron chi connectivity index (χ2n) is 4.81. The summed E-state index contributed by atoms with van der Waals surface area (Å²) in [5, 5.41) is 10.9. The van der Waals surface area contributed by atoms with Crippen molar-refractivity contribution in [1.82, 2.24) is 5.32 Å². The number of nitrogens with two attached hydrogens (primary N) is 1. The van der Waals surface area contributed by atoms with Gasteiger partial charge in [0.2, 0.25) is 0 Å². The Kier molecular flexibility index (Phi) is 2.63. The van der Waals surface area contributed by atoms with E-state index >= 15 is 0 Å². The molecule has 4 fully saturated rings. The van der Waals surface area contributed by atoms with Gasteiger partial charge in [0.15, 0.2) is 0 Å². The van der Waals surface area contributed by atoms with E-state index in [1.165, 1.54) is 25.7 Å². The van der Waals surface area contributed by atoms with Gasteiger partial charge in [0, 0.05) is 12.1 Å². The van der Waals surface area contributed by atoms with Crippen LogP contribution in [-0.4, -0.2) is 23.3 Å². The highest BCUT2D eigenvalue weighted by molar-refractivity contribution is 5.61. The molecule has 0 radical (unpaired) electrons. The predicted molar refractivity (Wildman–Crippen MR) is 53.0 cm³/mol. The Hall–Kier alpha value is -0.770. The lowest BCUT2D eigenvalue weighted by Crippen LogP contribution is -2.55. The Morgan fingerprint density at radius 2 is 1.43 bits per heavy atom. The van der Waals surface area contributed by atoms with Crippen LogP contribution in [0.15, 0.2) is 0 Å². The Balaban J connectivity index is 0.000000165. The van der Waals surface area contributed by atoms with Gasteiger partial charge in [-0.1, -0.05) is 0 Å². The van der Waals surface area contributed by atoms with Gasteiger partial charge in [-0.05, 0) is 43.9 Å². The summed E-state index contributed by atoms with van der Waals surface area (Å²) in [4.78, 5) is 8.78. The van der Waals surface area contributed by atoms with Gasteiger partial charge in [0.1, 0.15) is 0 Å². The first kappa shape index (κ1) is 9.77. The largest absolute Gasteiger partial charge is 0.465 e. The standard InChI is InChI=1S/C9H15N.CH3NO2/c1-6-2-8-4-7(1)5-9(3-6)10-8;2-1(3)4/h6-10H,1-5H2;2H2,(H,3,4). The molecular formula is C10H18N2O2. The van der Waals surface area contributed by atoms with Crippen LogP contribution in [0.1, 0.15) is 32.1 Å². The number of carbonyl (C=O) groups is 1.